The van der Waals surface area contributed by atoms with Crippen LogP contribution in [-0.2, 0) is 6.42 Å². The summed E-state index contributed by atoms with van der Waals surface area (Å²) in [6.45, 7) is 4.92. The number of benzene rings is 1. The summed E-state index contributed by atoms with van der Waals surface area (Å²) in [7, 11) is 0. The Balaban J connectivity index is 2.04. The van der Waals surface area contributed by atoms with E-state index in [1.165, 1.54) is 11.1 Å². The molecule has 1 aromatic carbocycles. The van der Waals surface area contributed by atoms with Crippen LogP contribution in [0, 0.1) is 6.92 Å². The van der Waals surface area contributed by atoms with E-state index < -0.39 is 0 Å². The van der Waals surface area contributed by atoms with Crippen molar-refractivity contribution in [2.75, 3.05) is 6.61 Å². The monoisotopic (exact) mass is 333 g/mol. The summed E-state index contributed by atoms with van der Waals surface area (Å²) in [5, 5.41) is 0. The fourth-order valence-corrected chi connectivity index (χ4v) is 2.56. The van der Waals surface area contributed by atoms with Gasteiger partial charge in [0.1, 0.15) is 5.75 Å². The largest absolute Gasteiger partial charge is 0.494 e. The van der Waals surface area contributed by atoms with Crippen molar-refractivity contribution in [1.29, 1.82) is 0 Å². The van der Waals surface area contributed by atoms with Crippen LogP contribution in [0.2, 0.25) is 0 Å². The molecular weight excluding hydrogens is 314 g/mol. The molecule has 1 atom stereocenters. The minimum absolute atomic E-state index is 0.253. The highest BCUT2D eigenvalue weighted by Crippen LogP contribution is 2.29. The molecular formula is C17H20BrNO. The van der Waals surface area contributed by atoms with Crippen LogP contribution in [0.25, 0.3) is 0 Å². The molecule has 0 spiro atoms. The molecule has 0 aliphatic rings. The van der Waals surface area contributed by atoms with Crippen LogP contribution in [0.3, 0.4) is 0 Å². The molecule has 0 aliphatic carbocycles. The first-order valence-electron chi connectivity index (χ1n) is 6.97. The van der Waals surface area contributed by atoms with Gasteiger partial charge in [-0.05, 0) is 42.7 Å². The second-order valence-electron chi connectivity index (χ2n) is 4.92. The lowest BCUT2D eigenvalue weighted by Gasteiger charge is -2.12. The Bertz CT molecular complexity index is 539. The molecule has 0 radical (unpaired) electrons. The minimum Gasteiger partial charge on any atom is -0.494 e. The van der Waals surface area contributed by atoms with Crippen molar-refractivity contribution in [3.63, 3.8) is 0 Å². The maximum absolute atomic E-state index is 5.68. The number of aryl methyl sites for hydroxylation is 1. The van der Waals surface area contributed by atoms with E-state index >= 15 is 0 Å². The number of rotatable bonds is 6. The quantitative estimate of drug-likeness (QED) is 0.704. The number of aromatic nitrogens is 1. The van der Waals surface area contributed by atoms with Crippen molar-refractivity contribution < 1.29 is 4.74 Å². The summed E-state index contributed by atoms with van der Waals surface area (Å²) >= 11 is 3.75. The number of alkyl halides is 1. The molecule has 0 amide bonds. The number of nitrogens with zero attached hydrogens (tertiary/aromatic N) is 1. The van der Waals surface area contributed by atoms with E-state index in [-0.39, 0.29) is 4.83 Å². The zero-order valence-electron chi connectivity index (χ0n) is 12.0. The third kappa shape index (κ3) is 4.34. The normalized spacial score (nSPS) is 12.2. The summed E-state index contributed by atoms with van der Waals surface area (Å²) in [5.41, 5.74) is 3.51. The summed E-state index contributed by atoms with van der Waals surface area (Å²) in [6, 6.07) is 12.4. The average molecular weight is 334 g/mol. The lowest BCUT2D eigenvalue weighted by Crippen LogP contribution is -2.00. The molecule has 0 saturated carbocycles. The topological polar surface area (TPSA) is 22.1 Å². The molecule has 0 bridgehead atoms. The van der Waals surface area contributed by atoms with Gasteiger partial charge >= 0.3 is 0 Å². The molecule has 0 saturated heterocycles. The second kappa shape index (κ2) is 7.44. The number of hydrogen-bond acceptors (Lipinski definition) is 2. The van der Waals surface area contributed by atoms with E-state index in [0.717, 1.165) is 30.9 Å². The van der Waals surface area contributed by atoms with Gasteiger partial charge in [-0.1, -0.05) is 41.1 Å². The number of pyridine rings is 1. The van der Waals surface area contributed by atoms with Gasteiger partial charge in [-0.3, -0.25) is 4.98 Å². The van der Waals surface area contributed by atoms with Gasteiger partial charge in [0.15, 0.2) is 0 Å². The molecule has 3 heteroatoms. The minimum atomic E-state index is 0.253. The molecule has 2 aromatic rings. The Morgan fingerprint density at radius 2 is 2.10 bits per heavy atom. The Kier molecular flexibility index (Phi) is 5.60. The average Bonchev–Trinajstić information content (AvgIpc) is 2.48. The van der Waals surface area contributed by atoms with Gasteiger partial charge in [-0.2, -0.15) is 0 Å². The fourth-order valence-electron chi connectivity index (χ4n) is 1.94. The predicted octanol–water partition coefficient (Wildman–Crippen LogP) is 4.86. The van der Waals surface area contributed by atoms with E-state index in [9.17, 15) is 0 Å². The van der Waals surface area contributed by atoms with Crippen LogP contribution < -0.4 is 4.74 Å². The first-order chi connectivity index (χ1) is 9.69. The second-order valence-corrected chi connectivity index (χ2v) is 6.02. The Labute approximate surface area is 129 Å². The maximum Gasteiger partial charge on any atom is 0.119 e. The van der Waals surface area contributed by atoms with Crippen molar-refractivity contribution in [2.45, 2.75) is 31.5 Å². The third-order valence-electron chi connectivity index (χ3n) is 3.05. The highest BCUT2D eigenvalue weighted by Gasteiger charge is 2.10. The Morgan fingerprint density at radius 3 is 2.80 bits per heavy atom. The van der Waals surface area contributed by atoms with Crippen molar-refractivity contribution in [3.8, 4) is 5.75 Å². The zero-order valence-corrected chi connectivity index (χ0v) is 13.6. The molecule has 106 valence electrons. The van der Waals surface area contributed by atoms with Crippen molar-refractivity contribution in [2.24, 2.45) is 0 Å². The molecule has 2 nitrogen and oxygen atoms in total. The molecule has 1 unspecified atom stereocenters. The zero-order chi connectivity index (χ0) is 14.4. The van der Waals surface area contributed by atoms with E-state index in [1.807, 2.05) is 18.3 Å². The standard InChI is InChI=1S/C17H20BrNO/c1-3-9-20-16-6-4-5-14(10-16)17(18)11-15-8-7-13(2)12-19-15/h4-8,10,12,17H,3,9,11H2,1-2H3. The van der Waals surface area contributed by atoms with Crippen LogP contribution in [0.1, 0.15) is 35.0 Å². The fraction of sp³-hybridized carbons (Fsp3) is 0.353. The van der Waals surface area contributed by atoms with Gasteiger partial charge in [-0.15, -0.1) is 0 Å². The van der Waals surface area contributed by atoms with Crippen LogP contribution in [0.5, 0.6) is 5.75 Å². The number of halogens is 1. The first-order valence-corrected chi connectivity index (χ1v) is 7.89. The molecule has 0 N–H and O–H groups in total. The smallest absolute Gasteiger partial charge is 0.119 e. The predicted molar refractivity (Wildman–Crippen MR) is 86.6 cm³/mol. The van der Waals surface area contributed by atoms with Gasteiger partial charge in [0.25, 0.3) is 0 Å². The molecule has 0 aliphatic heterocycles. The third-order valence-corrected chi connectivity index (χ3v) is 3.91. The molecule has 1 heterocycles. The molecule has 2 rings (SSSR count). The van der Waals surface area contributed by atoms with Crippen LogP contribution in [-0.4, -0.2) is 11.6 Å². The van der Waals surface area contributed by atoms with Gasteiger partial charge in [0, 0.05) is 23.1 Å². The van der Waals surface area contributed by atoms with Crippen molar-refractivity contribution in [1.82, 2.24) is 4.98 Å². The number of ether oxygens (including phenoxy) is 1. The van der Waals surface area contributed by atoms with E-state index in [1.54, 1.807) is 0 Å². The van der Waals surface area contributed by atoms with Gasteiger partial charge < -0.3 is 4.74 Å². The van der Waals surface area contributed by atoms with E-state index in [2.05, 4.69) is 59.0 Å². The lowest BCUT2D eigenvalue weighted by atomic mass is 10.1. The SMILES string of the molecule is CCCOc1cccc(C(Br)Cc2ccc(C)cn2)c1. The Hall–Kier alpha value is -1.35. The molecule has 20 heavy (non-hydrogen) atoms. The number of hydrogen-bond donors (Lipinski definition) is 0. The van der Waals surface area contributed by atoms with E-state index in [0.29, 0.717) is 0 Å². The molecule has 0 fully saturated rings. The van der Waals surface area contributed by atoms with Crippen LogP contribution in [0.15, 0.2) is 42.6 Å². The van der Waals surface area contributed by atoms with Gasteiger partial charge in [-0.25, -0.2) is 0 Å². The van der Waals surface area contributed by atoms with Gasteiger partial charge in [0.2, 0.25) is 0 Å². The highest BCUT2D eigenvalue weighted by atomic mass is 79.9. The summed E-state index contributed by atoms with van der Waals surface area (Å²) in [5.74, 6) is 0.936. The van der Waals surface area contributed by atoms with Crippen LogP contribution in [0.4, 0.5) is 0 Å². The van der Waals surface area contributed by atoms with Gasteiger partial charge in [0.05, 0.1) is 6.61 Å². The highest BCUT2D eigenvalue weighted by molar-refractivity contribution is 9.09. The van der Waals surface area contributed by atoms with Crippen molar-refractivity contribution in [3.05, 3.63) is 59.4 Å². The van der Waals surface area contributed by atoms with E-state index in [4.69, 9.17) is 4.74 Å². The first kappa shape index (κ1) is 15.0. The lowest BCUT2D eigenvalue weighted by molar-refractivity contribution is 0.317. The van der Waals surface area contributed by atoms with Crippen LogP contribution >= 0.6 is 15.9 Å². The maximum atomic E-state index is 5.68. The van der Waals surface area contributed by atoms with Crippen molar-refractivity contribution >= 4 is 15.9 Å². The molecule has 1 aromatic heterocycles. The summed E-state index contributed by atoms with van der Waals surface area (Å²) in [4.78, 5) is 4.71. The summed E-state index contributed by atoms with van der Waals surface area (Å²) in [6.07, 6.45) is 3.81. The summed E-state index contributed by atoms with van der Waals surface area (Å²) < 4.78 is 5.68. The Morgan fingerprint density at radius 1 is 1.25 bits per heavy atom.